The molecule has 0 aromatic carbocycles. The van der Waals surface area contributed by atoms with Crippen LogP contribution in [-0.4, -0.2) is 50.1 Å². The van der Waals surface area contributed by atoms with E-state index >= 15 is 0 Å². The number of ether oxygens (including phenoxy) is 2. The number of rotatable bonds is 7. The second kappa shape index (κ2) is 8.88. The summed E-state index contributed by atoms with van der Waals surface area (Å²) in [5.41, 5.74) is 2.03. The number of fused-ring (bicyclic) bond motifs is 1. The number of aromatic amines is 1. The molecule has 4 rings (SSSR count). The molecule has 1 amide bonds. The van der Waals surface area contributed by atoms with Crippen molar-refractivity contribution >= 4 is 23.2 Å². The summed E-state index contributed by atoms with van der Waals surface area (Å²) in [7, 11) is 1.55. The molecule has 3 heterocycles. The van der Waals surface area contributed by atoms with Gasteiger partial charge in [0, 0.05) is 30.8 Å². The first kappa shape index (κ1) is 21.0. The summed E-state index contributed by atoms with van der Waals surface area (Å²) >= 11 is 0. The quantitative estimate of drug-likeness (QED) is 0.525. The van der Waals surface area contributed by atoms with Gasteiger partial charge in [-0.05, 0) is 39.2 Å². The first-order valence-corrected chi connectivity index (χ1v) is 10.2. The van der Waals surface area contributed by atoms with Gasteiger partial charge >= 0.3 is 6.09 Å². The Morgan fingerprint density at radius 2 is 2.23 bits per heavy atom. The number of carbonyl (C=O) groups is 1. The van der Waals surface area contributed by atoms with E-state index in [9.17, 15) is 9.18 Å². The number of H-pyrrole nitrogens is 1. The van der Waals surface area contributed by atoms with Gasteiger partial charge in [-0.25, -0.2) is 14.3 Å². The van der Waals surface area contributed by atoms with Crippen LogP contribution in [0.4, 0.5) is 20.8 Å². The lowest BCUT2D eigenvalue weighted by molar-refractivity contribution is 0.0981. The van der Waals surface area contributed by atoms with E-state index in [4.69, 9.17) is 9.47 Å². The molecule has 11 heteroatoms. The number of amides is 1. The van der Waals surface area contributed by atoms with Crippen molar-refractivity contribution in [1.82, 2.24) is 30.1 Å². The number of halogens is 1. The number of hydrogen-bond donors (Lipinski definition) is 3. The van der Waals surface area contributed by atoms with Crippen molar-refractivity contribution in [2.45, 2.75) is 57.8 Å². The first-order chi connectivity index (χ1) is 14.9. The third kappa shape index (κ3) is 4.76. The largest absolute Gasteiger partial charge is 0.446 e. The van der Waals surface area contributed by atoms with Crippen LogP contribution < -0.4 is 10.6 Å². The lowest BCUT2D eigenvalue weighted by Crippen LogP contribution is -2.33. The molecule has 0 unspecified atom stereocenters. The molecule has 1 fully saturated rings. The molecule has 3 N–H and O–H groups in total. The zero-order chi connectivity index (χ0) is 22.0. The zero-order valence-electron chi connectivity index (χ0n) is 17.7. The topological polar surface area (TPSA) is 118 Å². The van der Waals surface area contributed by atoms with E-state index in [1.807, 2.05) is 19.9 Å². The fourth-order valence-corrected chi connectivity index (χ4v) is 3.80. The number of nitrogens with zero attached hydrogens (tertiary/aromatic N) is 4. The molecule has 1 aliphatic carbocycles. The Bertz CT molecular complexity index is 1060. The minimum Gasteiger partial charge on any atom is -0.446 e. The number of nitrogens with one attached hydrogen (secondary N) is 3. The van der Waals surface area contributed by atoms with E-state index in [-0.39, 0.29) is 30.8 Å². The minimum absolute atomic E-state index is 0.0406. The Balaban J connectivity index is 1.43. The van der Waals surface area contributed by atoms with Gasteiger partial charge in [0.25, 0.3) is 0 Å². The van der Waals surface area contributed by atoms with Crippen molar-refractivity contribution in [3.05, 3.63) is 35.7 Å². The van der Waals surface area contributed by atoms with Crippen LogP contribution in [0, 0.1) is 5.95 Å². The second-order valence-electron chi connectivity index (χ2n) is 7.97. The van der Waals surface area contributed by atoms with Crippen molar-refractivity contribution < 1.29 is 18.7 Å². The Labute approximate surface area is 178 Å². The summed E-state index contributed by atoms with van der Waals surface area (Å²) < 4.78 is 25.8. The number of carbonyl (C=O) groups excluding carboxylic acids is 1. The van der Waals surface area contributed by atoms with Crippen molar-refractivity contribution in [1.29, 1.82) is 0 Å². The molecular weight excluding hydrogens is 405 g/mol. The first-order valence-electron chi connectivity index (χ1n) is 10.2. The van der Waals surface area contributed by atoms with Gasteiger partial charge in [0.05, 0.1) is 18.5 Å². The maximum absolute atomic E-state index is 14.1. The number of hydrogen-bond acceptors (Lipinski definition) is 7. The maximum Gasteiger partial charge on any atom is 0.407 e. The van der Waals surface area contributed by atoms with Crippen LogP contribution in [-0.2, 0) is 16.1 Å². The Kier molecular flexibility index (Phi) is 6.03. The molecule has 3 aromatic heterocycles. The van der Waals surface area contributed by atoms with Gasteiger partial charge < -0.3 is 20.1 Å². The molecule has 31 heavy (non-hydrogen) atoms. The third-order valence-corrected chi connectivity index (χ3v) is 5.15. The van der Waals surface area contributed by atoms with Crippen molar-refractivity contribution in [3.8, 4) is 0 Å². The molecule has 0 spiro atoms. The van der Waals surface area contributed by atoms with Crippen molar-refractivity contribution in [2.24, 2.45) is 0 Å². The Hall–Kier alpha value is -3.21. The lowest BCUT2D eigenvalue weighted by Gasteiger charge is -2.14. The Morgan fingerprint density at radius 3 is 3.00 bits per heavy atom. The van der Waals surface area contributed by atoms with Crippen LogP contribution in [0.5, 0.6) is 0 Å². The SMILES string of the molecule is COCc1cc2c(Nc3cc([C@H]4CC[C@@H](OC(=O)NC(C)C)C4)[nH]n3)ncc(F)n2n1. The number of methoxy groups -OCH3 is 1. The van der Waals surface area contributed by atoms with E-state index in [0.29, 0.717) is 22.8 Å². The van der Waals surface area contributed by atoms with E-state index in [2.05, 4.69) is 30.9 Å². The minimum atomic E-state index is -0.566. The molecule has 166 valence electrons. The summed E-state index contributed by atoms with van der Waals surface area (Å²) in [4.78, 5) is 16.0. The smallest absolute Gasteiger partial charge is 0.407 e. The molecule has 1 saturated carbocycles. The summed E-state index contributed by atoms with van der Waals surface area (Å²) in [6.07, 6.45) is 3.03. The number of anilines is 2. The second-order valence-corrected chi connectivity index (χ2v) is 7.97. The Morgan fingerprint density at radius 1 is 1.39 bits per heavy atom. The van der Waals surface area contributed by atoms with E-state index < -0.39 is 5.95 Å². The lowest BCUT2D eigenvalue weighted by atomic mass is 10.0. The molecular formula is C20H26FN7O3. The van der Waals surface area contributed by atoms with E-state index in [1.165, 1.54) is 4.52 Å². The van der Waals surface area contributed by atoms with Crippen LogP contribution in [0.3, 0.4) is 0 Å². The average molecular weight is 431 g/mol. The molecule has 0 bridgehead atoms. The average Bonchev–Trinajstić information content (AvgIpc) is 3.43. The molecule has 1 aliphatic rings. The van der Waals surface area contributed by atoms with Gasteiger partial charge in [0.1, 0.15) is 11.6 Å². The summed E-state index contributed by atoms with van der Waals surface area (Å²) in [6, 6.07) is 3.66. The number of alkyl carbamates (subject to hydrolysis) is 1. The molecule has 3 aromatic rings. The van der Waals surface area contributed by atoms with Crippen LogP contribution in [0.1, 0.15) is 50.4 Å². The predicted octanol–water partition coefficient (Wildman–Crippen LogP) is 3.25. The van der Waals surface area contributed by atoms with Crippen LogP contribution >= 0.6 is 0 Å². The highest BCUT2D eigenvalue weighted by atomic mass is 19.1. The molecule has 2 atom stereocenters. The van der Waals surface area contributed by atoms with Crippen LogP contribution in [0.2, 0.25) is 0 Å². The molecule has 0 saturated heterocycles. The van der Waals surface area contributed by atoms with Gasteiger partial charge in [-0.2, -0.15) is 14.6 Å². The fraction of sp³-hybridized carbons (Fsp3) is 0.500. The standard InChI is InChI=1S/C20H26FN7O3/c1-11(2)23-20(29)31-14-5-4-12(6-14)15-8-18(26-25-15)24-19-16-7-13(10-30-3)27-28(16)17(21)9-22-19/h7-9,11-12,14H,4-6,10H2,1-3H3,(H,23,29)(H2,22,24,25,26)/t12-,14+/m0/s1. The summed E-state index contributed by atoms with van der Waals surface area (Å²) in [6.45, 7) is 4.06. The zero-order valence-corrected chi connectivity index (χ0v) is 17.7. The predicted molar refractivity (Wildman–Crippen MR) is 111 cm³/mol. The van der Waals surface area contributed by atoms with E-state index in [1.54, 1.807) is 13.2 Å². The summed E-state index contributed by atoms with van der Waals surface area (Å²) in [5.74, 6) is 0.646. The van der Waals surface area contributed by atoms with Crippen molar-refractivity contribution in [2.75, 3.05) is 12.4 Å². The highest BCUT2D eigenvalue weighted by Gasteiger charge is 2.30. The fourth-order valence-electron chi connectivity index (χ4n) is 3.80. The van der Waals surface area contributed by atoms with Gasteiger partial charge in [-0.15, -0.1) is 0 Å². The van der Waals surface area contributed by atoms with Gasteiger partial charge in [-0.1, -0.05) is 0 Å². The molecule has 0 aliphatic heterocycles. The van der Waals surface area contributed by atoms with Gasteiger partial charge in [-0.3, -0.25) is 5.10 Å². The highest BCUT2D eigenvalue weighted by molar-refractivity contribution is 5.72. The summed E-state index contributed by atoms with van der Waals surface area (Å²) in [5, 5.41) is 17.4. The van der Waals surface area contributed by atoms with Crippen molar-refractivity contribution in [3.63, 3.8) is 0 Å². The van der Waals surface area contributed by atoms with Crippen LogP contribution in [0.15, 0.2) is 18.3 Å². The van der Waals surface area contributed by atoms with Crippen LogP contribution in [0.25, 0.3) is 5.52 Å². The monoisotopic (exact) mass is 431 g/mol. The maximum atomic E-state index is 14.1. The highest BCUT2D eigenvalue weighted by Crippen LogP contribution is 2.36. The number of aromatic nitrogens is 5. The third-order valence-electron chi connectivity index (χ3n) is 5.15. The molecule has 0 radical (unpaired) electrons. The molecule has 10 nitrogen and oxygen atoms in total. The van der Waals surface area contributed by atoms with Gasteiger partial charge in [0.2, 0.25) is 5.95 Å². The normalized spacial score (nSPS) is 18.6. The van der Waals surface area contributed by atoms with Gasteiger partial charge in [0.15, 0.2) is 11.6 Å². The van der Waals surface area contributed by atoms with E-state index in [0.717, 1.165) is 31.2 Å².